The third-order valence-corrected chi connectivity index (χ3v) is 1.93. The van der Waals surface area contributed by atoms with Gasteiger partial charge in [-0.15, -0.1) is 0 Å². The van der Waals surface area contributed by atoms with Crippen molar-refractivity contribution in [3.8, 4) is 0 Å². The van der Waals surface area contributed by atoms with Gasteiger partial charge in [-0.3, -0.25) is 4.79 Å². The average molecular weight is 292 g/mol. The van der Waals surface area contributed by atoms with Crippen LogP contribution in [0.5, 0.6) is 0 Å². The van der Waals surface area contributed by atoms with Crippen LogP contribution in [0.25, 0.3) is 0 Å². The maximum Gasteiger partial charge on any atom is 0.212 e. The van der Waals surface area contributed by atoms with E-state index in [1.165, 1.54) is 6.07 Å². The van der Waals surface area contributed by atoms with E-state index < -0.39 is 5.82 Å². The molecule has 1 N–H and O–H groups in total. The molecule has 0 fully saturated rings. The zero-order chi connectivity index (χ0) is 9.68. The molecule has 1 aromatic rings. The lowest BCUT2D eigenvalue weighted by Gasteiger charge is -1.96. The fourth-order valence-electron chi connectivity index (χ4n) is 0.723. The number of benzene rings is 1. The van der Waals surface area contributed by atoms with E-state index in [0.717, 1.165) is 9.91 Å². The Morgan fingerprint density at radius 1 is 1.54 bits per heavy atom. The summed E-state index contributed by atoms with van der Waals surface area (Å²) in [6.45, 7) is 0. The van der Waals surface area contributed by atoms with Gasteiger partial charge in [0.1, 0.15) is 11.5 Å². The number of carbonyl (C=O) groups excluding carboxylic acids is 1. The van der Waals surface area contributed by atoms with E-state index in [4.69, 9.17) is 0 Å². The second kappa shape index (κ2) is 4.90. The predicted molar refractivity (Wildman–Crippen MR) is 56.5 cm³/mol. The molecule has 0 atom stereocenters. The number of rotatable bonds is 3. The summed E-state index contributed by atoms with van der Waals surface area (Å²) in [6.07, 6.45) is 1.60. The molecule has 1 rings (SSSR count). The van der Waals surface area contributed by atoms with Crippen LogP contribution in [0, 0.1) is 9.39 Å². The summed E-state index contributed by atoms with van der Waals surface area (Å²) in [4.78, 5) is 13.5. The highest BCUT2D eigenvalue weighted by Gasteiger charge is 1.98. The quantitative estimate of drug-likeness (QED) is 0.393. The van der Waals surface area contributed by atoms with Crippen molar-refractivity contribution in [1.29, 1.82) is 0 Å². The minimum atomic E-state index is -0.407. The van der Waals surface area contributed by atoms with Crippen LogP contribution in [0.15, 0.2) is 23.2 Å². The molecule has 0 aliphatic carbocycles. The Bertz CT molecular complexity index is 341. The van der Waals surface area contributed by atoms with Crippen LogP contribution < -0.4 is 5.32 Å². The fourth-order valence-corrected chi connectivity index (χ4v) is 1.18. The molecule has 68 valence electrons. The molecule has 0 spiro atoms. The third kappa shape index (κ3) is 3.10. The molecule has 0 radical (unpaired) electrons. The van der Waals surface area contributed by atoms with Gasteiger partial charge in [0.05, 0.1) is 6.34 Å². The lowest BCUT2D eigenvalue weighted by molar-refractivity contribution is -0.108. The number of nitrogens with one attached hydrogen (secondary N) is 1. The summed E-state index contributed by atoms with van der Waals surface area (Å²) in [7, 11) is 0. The third-order valence-electron chi connectivity index (χ3n) is 1.26. The first kappa shape index (κ1) is 10.1. The molecule has 0 aliphatic rings. The van der Waals surface area contributed by atoms with Crippen molar-refractivity contribution in [2.45, 2.75) is 0 Å². The van der Waals surface area contributed by atoms with Gasteiger partial charge >= 0.3 is 0 Å². The number of amides is 1. The molecular formula is C8H6FIN2O. The molecule has 0 aliphatic heterocycles. The molecule has 5 heteroatoms. The summed E-state index contributed by atoms with van der Waals surface area (Å²) in [5.74, 6) is -0.407. The maximum atomic E-state index is 13.0. The summed E-state index contributed by atoms with van der Waals surface area (Å²) >= 11 is 2.00. The second-order valence-electron chi connectivity index (χ2n) is 2.14. The minimum Gasteiger partial charge on any atom is -0.319 e. The standard InChI is InChI=1S/C8H6FIN2O/c9-7-3-6(10)1-2-8(7)12-4-11-5-13/h1-5H,(H,11,12,13). The van der Waals surface area contributed by atoms with Gasteiger partial charge in [0.15, 0.2) is 0 Å². The van der Waals surface area contributed by atoms with E-state index in [-0.39, 0.29) is 5.69 Å². The molecule has 0 bridgehead atoms. The van der Waals surface area contributed by atoms with Crippen LogP contribution in [-0.2, 0) is 4.79 Å². The van der Waals surface area contributed by atoms with Crippen molar-refractivity contribution in [2.75, 3.05) is 0 Å². The normalized spacial score (nSPS) is 10.3. The Labute approximate surface area is 88.2 Å². The van der Waals surface area contributed by atoms with Crippen LogP contribution in [0.4, 0.5) is 10.1 Å². The molecule has 0 unspecified atom stereocenters. The van der Waals surface area contributed by atoms with Gasteiger partial charge < -0.3 is 5.32 Å². The molecule has 0 saturated heterocycles. The Morgan fingerprint density at radius 2 is 2.31 bits per heavy atom. The summed E-state index contributed by atoms with van der Waals surface area (Å²) < 4.78 is 13.8. The number of hydrogen-bond acceptors (Lipinski definition) is 2. The molecule has 3 nitrogen and oxygen atoms in total. The van der Waals surface area contributed by atoms with Crippen molar-refractivity contribution in [3.63, 3.8) is 0 Å². The van der Waals surface area contributed by atoms with Gasteiger partial charge in [0, 0.05) is 3.57 Å². The van der Waals surface area contributed by atoms with Crippen molar-refractivity contribution in [1.82, 2.24) is 5.32 Å². The largest absolute Gasteiger partial charge is 0.319 e. The van der Waals surface area contributed by atoms with Crippen LogP contribution >= 0.6 is 22.6 Å². The molecular weight excluding hydrogens is 286 g/mol. The molecule has 0 aromatic heterocycles. The van der Waals surface area contributed by atoms with E-state index in [0.29, 0.717) is 6.41 Å². The Kier molecular flexibility index (Phi) is 3.81. The monoisotopic (exact) mass is 292 g/mol. The van der Waals surface area contributed by atoms with Gasteiger partial charge in [0.25, 0.3) is 0 Å². The van der Waals surface area contributed by atoms with E-state index in [9.17, 15) is 9.18 Å². The SMILES string of the molecule is O=CNC=Nc1ccc(I)cc1F. The molecule has 1 amide bonds. The fraction of sp³-hybridized carbons (Fsp3) is 0. The van der Waals surface area contributed by atoms with Crippen molar-refractivity contribution in [2.24, 2.45) is 4.99 Å². The number of carbonyl (C=O) groups is 1. The molecule has 1 aromatic carbocycles. The highest BCUT2D eigenvalue weighted by atomic mass is 127. The van der Waals surface area contributed by atoms with Crippen LogP contribution in [0.3, 0.4) is 0 Å². The highest BCUT2D eigenvalue weighted by Crippen LogP contribution is 2.18. The van der Waals surface area contributed by atoms with Crippen LogP contribution in [0.2, 0.25) is 0 Å². The summed E-state index contributed by atoms with van der Waals surface area (Å²) in [5, 5.41) is 2.20. The number of aliphatic imine (C=N–C) groups is 1. The first-order valence-corrected chi connectivity index (χ1v) is 4.49. The molecule has 0 heterocycles. The van der Waals surface area contributed by atoms with E-state index in [2.05, 4.69) is 10.3 Å². The second-order valence-corrected chi connectivity index (χ2v) is 3.38. The number of hydrogen-bond donors (Lipinski definition) is 1. The van der Waals surface area contributed by atoms with Crippen LogP contribution in [0.1, 0.15) is 0 Å². The van der Waals surface area contributed by atoms with E-state index in [1.54, 1.807) is 12.1 Å². The van der Waals surface area contributed by atoms with Gasteiger partial charge in [-0.1, -0.05) is 0 Å². The Morgan fingerprint density at radius 3 is 2.92 bits per heavy atom. The topological polar surface area (TPSA) is 41.5 Å². The maximum absolute atomic E-state index is 13.0. The lowest BCUT2D eigenvalue weighted by atomic mass is 10.3. The van der Waals surface area contributed by atoms with Crippen LogP contribution in [-0.4, -0.2) is 12.7 Å². The predicted octanol–water partition coefficient (Wildman–Crippen LogP) is 1.84. The molecule has 13 heavy (non-hydrogen) atoms. The first-order valence-electron chi connectivity index (χ1n) is 3.41. The van der Waals surface area contributed by atoms with E-state index >= 15 is 0 Å². The molecule has 0 saturated carbocycles. The smallest absolute Gasteiger partial charge is 0.212 e. The lowest BCUT2D eigenvalue weighted by Crippen LogP contribution is -2.05. The van der Waals surface area contributed by atoms with Crippen molar-refractivity contribution in [3.05, 3.63) is 27.6 Å². The first-order chi connectivity index (χ1) is 6.24. The number of nitrogens with zero attached hydrogens (tertiary/aromatic N) is 1. The average Bonchev–Trinajstić information content (AvgIpc) is 2.09. The van der Waals surface area contributed by atoms with Crippen molar-refractivity contribution < 1.29 is 9.18 Å². The van der Waals surface area contributed by atoms with E-state index in [1.807, 2.05) is 22.6 Å². The summed E-state index contributed by atoms with van der Waals surface area (Å²) in [6, 6.07) is 4.64. The number of halogens is 2. The van der Waals surface area contributed by atoms with Gasteiger partial charge in [-0.05, 0) is 40.8 Å². The Hall–Kier alpha value is -0.980. The van der Waals surface area contributed by atoms with Gasteiger partial charge in [0.2, 0.25) is 6.41 Å². The van der Waals surface area contributed by atoms with Gasteiger partial charge in [-0.2, -0.15) is 0 Å². The zero-order valence-corrected chi connectivity index (χ0v) is 8.66. The van der Waals surface area contributed by atoms with Crippen molar-refractivity contribution >= 4 is 41.0 Å². The van der Waals surface area contributed by atoms with Gasteiger partial charge in [-0.25, -0.2) is 9.38 Å². The minimum absolute atomic E-state index is 0.203. The Balaban J connectivity index is 2.83. The summed E-state index contributed by atoms with van der Waals surface area (Å²) in [5.41, 5.74) is 0.203. The highest BCUT2D eigenvalue weighted by molar-refractivity contribution is 14.1. The zero-order valence-electron chi connectivity index (χ0n) is 6.50.